The van der Waals surface area contributed by atoms with Crippen LogP contribution in [-0.4, -0.2) is 18.3 Å². The van der Waals surface area contributed by atoms with Gasteiger partial charge >= 0.3 is 0 Å². The maximum Gasteiger partial charge on any atom is 0.131 e. The predicted octanol–water partition coefficient (Wildman–Crippen LogP) is 2.78. The normalized spacial score (nSPS) is 19.0. The molecule has 1 N–H and O–H groups in total. The van der Waals surface area contributed by atoms with Crippen molar-refractivity contribution in [3.8, 4) is 5.75 Å². The zero-order chi connectivity index (χ0) is 13.4. The summed E-state index contributed by atoms with van der Waals surface area (Å²) < 4.78 is 21.9. The Morgan fingerprint density at radius 1 is 1.41 bits per heavy atom. The molecule has 86 valence electrons. The largest absolute Gasteiger partial charge is 0.490 e. The van der Waals surface area contributed by atoms with E-state index in [1.54, 1.807) is 6.08 Å². The highest BCUT2D eigenvalue weighted by Gasteiger charge is 2.15. The first-order valence-corrected chi connectivity index (χ1v) is 5.63. The number of aliphatic hydroxyl groups is 1. The smallest absolute Gasteiger partial charge is 0.131 e. The average Bonchev–Trinajstić information content (AvgIpc) is 2.82. The van der Waals surface area contributed by atoms with Gasteiger partial charge in [0.1, 0.15) is 12.4 Å². The van der Waals surface area contributed by atoms with Gasteiger partial charge in [-0.1, -0.05) is 36.4 Å². The predicted molar refractivity (Wildman–Crippen MR) is 69.3 cm³/mol. The summed E-state index contributed by atoms with van der Waals surface area (Å²) in [5, 5.41) is 10.6. The summed E-state index contributed by atoms with van der Waals surface area (Å²) in [6.07, 6.45) is 3.07. The quantitative estimate of drug-likeness (QED) is 0.875. The lowest BCUT2D eigenvalue weighted by atomic mass is 10.0. The summed E-state index contributed by atoms with van der Waals surface area (Å²) in [5.74, 6) is 0.626. The van der Waals surface area contributed by atoms with E-state index < -0.39 is 6.40 Å². The summed E-state index contributed by atoms with van der Waals surface area (Å²) in [7, 11) is 0. The minimum absolute atomic E-state index is 0.0676. The molecule has 0 saturated heterocycles. The third-order valence-corrected chi connectivity index (χ3v) is 2.84. The van der Waals surface area contributed by atoms with E-state index in [2.05, 4.69) is 0 Å². The van der Waals surface area contributed by atoms with E-state index in [-0.39, 0.29) is 13.2 Å². The molecule has 3 rings (SSSR count). The Morgan fingerprint density at radius 2 is 2.29 bits per heavy atom. The van der Waals surface area contributed by atoms with Gasteiger partial charge in [0.15, 0.2) is 0 Å². The topological polar surface area (TPSA) is 29.5 Å². The Kier molecular flexibility index (Phi) is 2.07. The Bertz CT molecular complexity index is 665. The highest BCUT2D eigenvalue weighted by atomic mass is 16.5. The minimum Gasteiger partial charge on any atom is -0.490 e. The molecule has 0 aromatic heterocycles. The number of fused-ring (bicyclic) bond motifs is 2. The average molecular weight is 228 g/mol. The zero-order valence-corrected chi connectivity index (χ0v) is 9.31. The molecule has 1 aliphatic carbocycles. The van der Waals surface area contributed by atoms with Gasteiger partial charge in [0.2, 0.25) is 0 Å². The molecule has 1 unspecified atom stereocenters. The van der Waals surface area contributed by atoms with Crippen molar-refractivity contribution >= 4 is 16.8 Å². The van der Waals surface area contributed by atoms with E-state index in [0.29, 0.717) is 11.8 Å². The fourth-order valence-corrected chi connectivity index (χ4v) is 2.11. The fourth-order valence-electron chi connectivity index (χ4n) is 2.11. The van der Waals surface area contributed by atoms with E-state index in [1.165, 1.54) is 0 Å². The molecule has 0 spiro atoms. The van der Waals surface area contributed by atoms with E-state index in [4.69, 9.17) is 12.6 Å². The van der Waals surface area contributed by atoms with Crippen LogP contribution >= 0.6 is 0 Å². The van der Waals surface area contributed by atoms with E-state index in [1.807, 2.05) is 30.3 Å². The molecule has 1 aliphatic rings. The molecule has 0 aliphatic heterocycles. The van der Waals surface area contributed by atoms with Crippen molar-refractivity contribution in [2.24, 2.45) is 0 Å². The molecule has 2 heteroatoms. The molecule has 0 bridgehead atoms. The second-order valence-electron chi connectivity index (χ2n) is 3.92. The maximum absolute atomic E-state index is 8.94. The number of ether oxygens (including phenoxy) is 1. The first-order valence-electron chi connectivity index (χ1n) is 6.71. The maximum atomic E-state index is 8.94. The van der Waals surface area contributed by atoms with Gasteiger partial charge in [-0.2, -0.15) is 0 Å². The lowest BCUT2D eigenvalue weighted by Gasteiger charge is -2.13. The van der Waals surface area contributed by atoms with Crippen LogP contribution in [0.15, 0.2) is 36.4 Å². The van der Waals surface area contributed by atoms with Crippen molar-refractivity contribution in [3.63, 3.8) is 0 Å². The van der Waals surface area contributed by atoms with E-state index in [9.17, 15) is 0 Å². The molecule has 1 atom stereocenters. The Labute approximate surface area is 103 Å². The second kappa shape index (κ2) is 4.22. The summed E-state index contributed by atoms with van der Waals surface area (Å²) in [4.78, 5) is 0. The van der Waals surface area contributed by atoms with Gasteiger partial charge in [0.05, 0.1) is 7.98 Å². The standard InChI is InChI=1S/C15H14O2/c16-8-9-17-15-13-6-2-1-4-11(13)10-12-5-3-7-14(12)15/h1-6,10,16H,7-9H2/i7D,10D. The lowest BCUT2D eigenvalue weighted by molar-refractivity contribution is 0.202. The first-order chi connectivity index (χ1) is 9.24. The number of aliphatic hydroxyl groups excluding tert-OH is 1. The van der Waals surface area contributed by atoms with Crippen LogP contribution in [0.3, 0.4) is 0 Å². The molecule has 2 nitrogen and oxygen atoms in total. The van der Waals surface area contributed by atoms with E-state index in [0.717, 1.165) is 21.9 Å². The lowest BCUT2D eigenvalue weighted by Crippen LogP contribution is -2.04. The van der Waals surface area contributed by atoms with Crippen molar-refractivity contribution in [1.82, 2.24) is 0 Å². The third-order valence-electron chi connectivity index (χ3n) is 2.84. The van der Waals surface area contributed by atoms with Crippen LogP contribution in [0.2, 0.25) is 0 Å². The Balaban J connectivity index is 2.32. The Hall–Kier alpha value is -1.80. The van der Waals surface area contributed by atoms with Crippen molar-refractivity contribution in [1.29, 1.82) is 0 Å². The monoisotopic (exact) mass is 228 g/mol. The van der Waals surface area contributed by atoms with Gasteiger partial charge in [-0.05, 0) is 23.4 Å². The van der Waals surface area contributed by atoms with Crippen molar-refractivity contribution in [2.75, 3.05) is 13.2 Å². The number of rotatable bonds is 3. The molecule has 0 fully saturated rings. The summed E-state index contributed by atoms with van der Waals surface area (Å²) >= 11 is 0. The van der Waals surface area contributed by atoms with Crippen molar-refractivity contribution in [2.45, 2.75) is 6.40 Å². The summed E-state index contributed by atoms with van der Waals surface area (Å²) in [5.41, 5.74) is 1.49. The Morgan fingerprint density at radius 3 is 3.18 bits per heavy atom. The van der Waals surface area contributed by atoms with Crippen LogP contribution in [0.4, 0.5) is 0 Å². The molecular formula is C15H14O2. The van der Waals surface area contributed by atoms with Gasteiger partial charge in [0, 0.05) is 12.3 Å². The third kappa shape index (κ3) is 1.71. The van der Waals surface area contributed by atoms with Crippen molar-refractivity contribution in [3.05, 3.63) is 47.5 Å². The van der Waals surface area contributed by atoms with Crippen molar-refractivity contribution < 1.29 is 12.6 Å². The van der Waals surface area contributed by atoms with Gasteiger partial charge in [-0.25, -0.2) is 0 Å². The van der Waals surface area contributed by atoms with Crippen LogP contribution in [0.1, 0.15) is 13.9 Å². The molecule has 0 saturated carbocycles. The fraction of sp³-hybridized carbons (Fsp3) is 0.200. The van der Waals surface area contributed by atoms with E-state index >= 15 is 0 Å². The van der Waals surface area contributed by atoms with Gasteiger partial charge < -0.3 is 9.84 Å². The number of hydrogen-bond donors (Lipinski definition) is 1. The number of hydrogen-bond acceptors (Lipinski definition) is 2. The van der Waals surface area contributed by atoms with Crippen LogP contribution < -0.4 is 4.74 Å². The number of benzene rings is 2. The van der Waals surface area contributed by atoms with Crippen LogP contribution in [0.5, 0.6) is 5.75 Å². The van der Waals surface area contributed by atoms with Gasteiger partial charge in [-0.15, -0.1) is 0 Å². The SMILES string of the molecule is [2H]c1c2c(c(OCCO)c3ccccc13)C([2H])C=C2. The highest BCUT2D eigenvalue weighted by molar-refractivity contribution is 5.93. The molecule has 0 radical (unpaired) electrons. The molecule has 17 heavy (non-hydrogen) atoms. The number of allylic oxidation sites excluding steroid dienone is 1. The summed E-state index contributed by atoms with van der Waals surface area (Å²) in [6.45, 7) is 0.127. The van der Waals surface area contributed by atoms with Gasteiger partial charge in [-0.3, -0.25) is 0 Å². The molecule has 2 aromatic carbocycles. The second-order valence-corrected chi connectivity index (χ2v) is 3.92. The van der Waals surface area contributed by atoms with Crippen LogP contribution in [-0.2, 0) is 6.40 Å². The van der Waals surface area contributed by atoms with Crippen LogP contribution in [0, 0.1) is 0 Å². The molecule has 0 amide bonds. The molecule has 2 aromatic rings. The zero-order valence-electron chi connectivity index (χ0n) is 11.3. The summed E-state index contributed by atoms with van der Waals surface area (Å²) in [6, 6.07) is 7.99. The van der Waals surface area contributed by atoms with Gasteiger partial charge in [0.25, 0.3) is 0 Å². The first kappa shape index (κ1) is 8.31. The molecular weight excluding hydrogens is 212 g/mol. The van der Waals surface area contributed by atoms with Crippen LogP contribution in [0.25, 0.3) is 16.8 Å². The minimum atomic E-state index is -0.502. The molecule has 0 heterocycles. The highest BCUT2D eigenvalue weighted by Crippen LogP contribution is 2.36.